The maximum atomic E-state index is 12.7. The second kappa shape index (κ2) is 9.49. The molecule has 2 atom stereocenters. The molecule has 1 amide bonds. The Morgan fingerprint density at radius 2 is 2.11 bits per heavy atom. The van der Waals surface area contributed by atoms with E-state index in [2.05, 4.69) is 46.7 Å². The topological polar surface area (TPSA) is 57.5 Å². The van der Waals surface area contributed by atoms with E-state index in [1.165, 1.54) is 11.3 Å². The fraction of sp³-hybridized carbons (Fsp3) is 0.450. The van der Waals surface area contributed by atoms with Gasteiger partial charge in [0.1, 0.15) is 5.76 Å². The monoisotopic (exact) mass is 411 g/mol. The Kier molecular flexibility index (Phi) is 7.59. The molecule has 0 radical (unpaired) electrons. The number of benzene rings is 1. The van der Waals surface area contributed by atoms with Gasteiger partial charge >= 0.3 is 0 Å². The molecule has 4 rings (SSSR count). The molecular formula is C20H27Cl2N3O2. The predicted octanol–water partition coefficient (Wildman–Crippen LogP) is 3.56. The van der Waals surface area contributed by atoms with E-state index < -0.39 is 0 Å². The quantitative estimate of drug-likeness (QED) is 0.807. The van der Waals surface area contributed by atoms with Crippen LogP contribution in [0.5, 0.6) is 0 Å². The van der Waals surface area contributed by atoms with Gasteiger partial charge in [-0.05, 0) is 50.4 Å². The lowest BCUT2D eigenvalue weighted by Gasteiger charge is -2.25. The zero-order valence-corrected chi connectivity index (χ0v) is 17.1. The van der Waals surface area contributed by atoms with Crippen LogP contribution in [-0.2, 0) is 13.0 Å². The van der Waals surface area contributed by atoms with Crippen LogP contribution in [0.25, 0.3) is 0 Å². The number of piperidine rings is 1. The van der Waals surface area contributed by atoms with Gasteiger partial charge in [0.25, 0.3) is 5.91 Å². The SMILES string of the molecule is CC1Cc2ccccc2N1Cc1occc1C(=O)N[C@H]1CCCNC1.Cl.Cl. The minimum absolute atomic E-state index is 0. The molecule has 0 bridgehead atoms. The van der Waals surface area contributed by atoms with Crippen molar-refractivity contribution in [2.75, 3.05) is 18.0 Å². The highest BCUT2D eigenvalue weighted by atomic mass is 35.5. The molecule has 5 nitrogen and oxygen atoms in total. The molecule has 1 unspecified atom stereocenters. The standard InChI is InChI=1S/C20H25N3O2.2ClH/c1-14-11-15-5-2-3-7-18(15)23(14)13-19-17(8-10-25-19)20(24)22-16-6-4-9-21-12-16;;/h2-3,5,7-8,10,14,16,21H,4,6,9,11-13H2,1H3,(H,22,24);2*1H/t14?,16-;;/m0../s1. The number of halogens is 2. The number of nitrogens with zero attached hydrogens (tertiary/aromatic N) is 1. The molecule has 0 aliphatic carbocycles. The first-order chi connectivity index (χ1) is 12.2. The number of nitrogens with one attached hydrogen (secondary N) is 2. The van der Waals surface area contributed by atoms with Gasteiger partial charge in [-0.25, -0.2) is 0 Å². The molecule has 0 spiro atoms. The summed E-state index contributed by atoms with van der Waals surface area (Å²) in [4.78, 5) is 15.0. The van der Waals surface area contributed by atoms with E-state index in [0.29, 0.717) is 18.2 Å². The number of para-hydroxylation sites is 1. The molecule has 3 heterocycles. The summed E-state index contributed by atoms with van der Waals surface area (Å²) in [5, 5.41) is 6.47. The van der Waals surface area contributed by atoms with Crippen LogP contribution in [0.2, 0.25) is 0 Å². The summed E-state index contributed by atoms with van der Waals surface area (Å²) >= 11 is 0. The van der Waals surface area contributed by atoms with Gasteiger partial charge in [0.05, 0.1) is 18.4 Å². The normalized spacial score (nSPS) is 21.0. The van der Waals surface area contributed by atoms with E-state index >= 15 is 0 Å². The summed E-state index contributed by atoms with van der Waals surface area (Å²) < 4.78 is 5.68. The third-order valence-corrected chi connectivity index (χ3v) is 5.28. The number of carbonyl (C=O) groups is 1. The molecule has 148 valence electrons. The summed E-state index contributed by atoms with van der Waals surface area (Å²) in [5.41, 5.74) is 3.26. The van der Waals surface area contributed by atoms with E-state index in [-0.39, 0.29) is 36.8 Å². The molecule has 1 fully saturated rings. The van der Waals surface area contributed by atoms with Crippen molar-refractivity contribution in [3.8, 4) is 0 Å². The zero-order valence-electron chi connectivity index (χ0n) is 15.4. The van der Waals surface area contributed by atoms with Gasteiger partial charge in [-0.2, -0.15) is 0 Å². The van der Waals surface area contributed by atoms with Crippen molar-refractivity contribution >= 4 is 36.4 Å². The van der Waals surface area contributed by atoms with Gasteiger partial charge in [-0.15, -0.1) is 24.8 Å². The van der Waals surface area contributed by atoms with Crippen LogP contribution in [0.3, 0.4) is 0 Å². The third kappa shape index (κ3) is 4.60. The molecular weight excluding hydrogens is 385 g/mol. The molecule has 2 aliphatic rings. The number of rotatable bonds is 4. The fourth-order valence-electron chi connectivity index (χ4n) is 3.93. The van der Waals surface area contributed by atoms with Crippen LogP contribution in [0, 0.1) is 0 Å². The molecule has 1 aromatic carbocycles. The van der Waals surface area contributed by atoms with Gasteiger partial charge in [0.15, 0.2) is 0 Å². The maximum Gasteiger partial charge on any atom is 0.255 e. The number of carbonyl (C=O) groups excluding carboxylic acids is 1. The number of fused-ring (bicyclic) bond motifs is 1. The summed E-state index contributed by atoms with van der Waals surface area (Å²) in [5.74, 6) is 0.711. The van der Waals surface area contributed by atoms with Gasteiger partial charge in [-0.3, -0.25) is 4.79 Å². The Hall–Kier alpha value is -1.69. The molecule has 27 heavy (non-hydrogen) atoms. The van der Waals surface area contributed by atoms with Crippen LogP contribution >= 0.6 is 24.8 Å². The van der Waals surface area contributed by atoms with Crippen molar-refractivity contribution in [2.24, 2.45) is 0 Å². The van der Waals surface area contributed by atoms with Crippen LogP contribution in [-0.4, -0.2) is 31.1 Å². The minimum Gasteiger partial charge on any atom is -0.467 e. The Morgan fingerprint density at radius 3 is 2.89 bits per heavy atom. The van der Waals surface area contributed by atoms with Crippen LogP contribution in [0.15, 0.2) is 41.0 Å². The summed E-state index contributed by atoms with van der Waals surface area (Å²) in [6.07, 6.45) is 4.79. The van der Waals surface area contributed by atoms with Crippen molar-refractivity contribution in [3.63, 3.8) is 0 Å². The highest BCUT2D eigenvalue weighted by molar-refractivity contribution is 5.95. The number of hydrogen-bond acceptors (Lipinski definition) is 4. The highest BCUT2D eigenvalue weighted by Crippen LogP contribution is 2.33. The maximum absolute atomic E-state index is 12.7. The van der Waals surface area contributed by atoms with Crippen LogP contribution in [0.4, 0.5) is 5.69 Å². The molecule has 1 saturated heterocycles. The van der Waals surface area contributed by atoms with E-state index in [4.69, 9.17) is 4.42 Å². The number of amides is 1. The first kappa shape index (κ1) is 21.6. The Morgan fingerprint density at radius 1 is 1.30 bits per heavy atom. The summed E-state index contributed by atoms with van der Waals surface area (Å²) in [6, 6.07) is 10.9. The number of hydrogen-bond donors (Lipinski definition) is 2. The Bertz CT molecular complexity index is 759. The molecule has 0 saturated carbocycles. The fourth-order valence-corrected chi connectivity index (χ4v) is 3.93. The van der Waals surface area contributed by atoms with Crippen molar-refractivity contribution in [2.45, 2.75) is 44.8 Å². The average Bonchev–Trinajstić information content (AvgIpc) is 3.21. The van der Waals surface area contributed by atoms with Gasteiger partial charge in [-0.1, -0.05) is 18.2 Å². The van der Waals surface area contributed by atoms with E-state index in [0.717, 1.165) is 38.1 Å². The Labute approximate surface area is 172 Å². The van der Waals surface area contributed by atoms with Crippen molar-refractivity contribution in [1.82, 2.24) is 10.6 Å². The lowest BCUT2D eigenvalue weighted by molar-refractivity contribution is 0.0928. The lowest BCUT2D eigenvalue weighted by Crippen LogP contribution is -2.45. The predicted molar refractivity (Wildman–Crippen MR) is 112 cm³/mol. The van der Waals surface area contributed by atoms with Crippen LogP contribution < -0.4 is 15.5 Å². The van der Waals surface area contributed by atoms with E-state index in [9.17, 15) is 4.79 Å². The summed E-state index contributed by atoms with van der Waals surface area (Å²) in [7, 11) is 0. The van der Waals surface area contributed by atoms with Gasteiger partial charge in [0.2, 0.25) is 0 Å². The average molecular weight is 412 g/mol. The molecule has 2 N–H and O–H groups in total. The molecule has 2 aliphatic heterocycles. The third-order valence-electron chi connectivity index (χ3n) is 5.28. The second-order valence-electron chi connectivity index (χ2n) is 7.08. The zero-order chi connectivity index (χ0) is 17.2. The Balaban J connectivity index is 0.00000131. The molecule has 2 aromatic rings. The van der Waals surface area contributed by atoms with Gasteiger partial charge in [0, 0.05) is 24.3 Å². The van der Waals surface area contributed by atoms with E-state index in [1.54, 1.807) is 12.3 Å². The van der Waals surface area contributed by atoms with Crippen molar-refractivity contribution in [1.29, 1.82) is 0 Å². The van der Waals surface area contributed by atoms with Crippen LogP contribution in [0.1, 0.15) is 41.4 Å². The largest absolute Gasteiger partial charge is 0.467 e. The highest BCUT2D eigenvalue weighted by Gasteiger charge is 2.28. The van der Waals surface area contributed by atoms with E-state index in [1.807, 2.05) is 0 Å². The first-order valence-corrected chi connectivity index (χ1v) is 9.15. The lowest BCUT2D eigenvalue weighted by atomic mass is 10.1. The molecule has 7 heteroatoms. The van der Waals surface area contributed by atoms with Gasteiger partial charge < -0.3 is 20.0 Å². The smallest absolute Gasteiger partial charge is 0.255 e. The second-order valence-corrected chi connectivity index (χ2v) is 7.08. The molecule has 1 aromatic heterocycles. The first-order valence-electron chi connectivity index (χ1n) is 9.15. The minimum atomic E-state index is -0.0300. The van der Waals surface area contributed by atoms with Crippen molar-refractivity contribution < 1.29 is 9.21 Å². The number of furan rings is 1. The number of anilines is 1. The van der Waals surface area contributed by atoms with Crippen molar-refractivity contribution in [3.05, 3.63) is 53.5 Å². The summed E-state index contributed by atoms with van der Waals surface area (Å²) in [6.45, 7) is 4.72.